The van der Waals surface area contributed by atoms with Gasteiger partial charge in [-0.3, -0.25) is 0 Å². The summed E-state index contributed by atoms with van der Waals surface area (Å²) in [5.41, 5.74) is 0. The van der Waals surface area contributed by atoms with Crippen LogP contribution >= 0.6 is 11.8 Å². The van der Waals surface area contributed by atoms with Gasteiger partial charge in [0.15, 0.2) is 11.6 Å². The summed E-state index contributed by atoms with van der Waals surface area (Å²) < 4.78 is 5.78. The van der Waals surface area contributed by atoms with Crippen molar-refractivity contribution >= 4 is 17.6 Å². The molecule has 0 aliphatic heterocycles. The van der Waals surface area contributed by atoms with E-state index in [1.165, 1.54) is 11.8 Å². The van der Waals surface area contributed by atoms with E-state index in [4.69, 9.17) is 4.74 Å². The summed E-state index contributed by atoms with van der Waals surface area (Å²) in [7, 11) is 0. The number of rotatable bonds is 5. The molecule has 3 nitrogen and oxygen atoms in total. The van der Waals surface area contributed by atoms with Crippen molar-refractivity contribution in [2.24, 2.45) is 0 Å². The van der Waals surface area contributed by atoms with Crippen LogP contribution in [0, 0.1) is 0 Å². The van der Waals surface area contributed by atoms with Crippen LogP contribution in [0.2, 0.25) is 0 Å². The van der Waals surface area contributed by atoms with E-state index in [-0.39, 0.29) is 0 Å². The lowest BCUT2D eigenvalue weighted by molar-refractivity contribution is 0.483. The molecule has 0 aliphatic rings. The zero-order valence-electron chi connectivity index (χ0n) is 10.1. The number of ether oxygens (including phenoxy) is 1. The molecule has 92 valence electrons. The van der Waals surface area contributed by atoms with Crippen molar-refractivity contribution in [1.29, 1.82) is 0 Å². The minimum absolute atomic E-state index is 0.667. The van der Waals surface area contributed by atoms with Crippen molar-refractivity contribution in [3.8, 4) is 11.5 Å². The summed E-state index contributed by atoms with van der Waals surface area (Å²) in [4.78, 5) is 4.25. The van der Waals surface area contributed by atoms with E-state index in [1.54, 1.807) is 6.20 Å². The van der Waals surface area contributed by atoms with Crippen molar-refractivity contribution < 1.29 is 4.74 Å². The number of anilines is 1. The van der Waals surface area contributed by atoms with E-state index in [1.807, 2.05) is 48.7 Å². The number of benzene rings is 1. The molecule has 0 fully saturated rings. The lowest BCUT2D eigenvalue weighted by Gasteiger charge is -2.12. The number of hydrogen-bond donors (Lipinski definition) is 1. The van der Waals surface area contributed by atoms with E-state index in [0.29, 0.717) is 11.6 Å². The van der Waals surface area contributed by atoms with Gasteiger partial charge in [0.25, 0.3) is 0 Å². The van der Waals surface area contributed by atoms with Gasteiger partial charge < -0.3 is 10.1 Å². The molecular weight excluding hydrogens is 244 g/mol. The van der Waals surface area contributed by atoms with Crippen LogP contribution in [0.3, 0.4) is 0 Å². The summed E-state index contributed by atoms with van der Waals surface area (Å²) in [6.45, 7) is 3.87. The number of aromatic nitrogens is 1. The van der Waals surface area contributed by atoms with E-state index < -0.39 is 0 Å². The van der Waals surface area contributed by atoms with E-state index in [2.05, 4.69) is 16.9 Å². The largest absolute Gasteiger partial charge is 0.453 e. The summed E-state index contributed by atoms with van der Waals surface area (Å²) >= 11 is 1.53. The molecular formula is C14H14N2OS. The first-order valence-corrected chi connectivity index (χ1v) is 6.70. The second-order valence-electron chi connectivity index (χ2n) is 3.52. The Kier molecular flexibility index (Phi) is 4.25. The SMILES string of the molecule is C=C(Nc1ncccc1Oc1ccccc1)SC. The Balaban J connectivity index is 2.20. The Hall–Kier alpha value is -1.94. The molecule has 0 bridgehead atoms. The number of pyridine rings is 1. The molecule has 0 saturated carbocycles. The summed E-state index contributed by atoms with van der Waals surface area (Å²) in [6.07, 6.45) is 3.67. The van der Waals surface area contributed by atoms with Crippen molar-refractivity contribution in [2.75, 3.05) is 11.6 Å². The zero-order chi connectivity index (χ0) is 12.8. The average Bonchev–Trinajstić information content (AvgIpc) is 2.42. The predicted octanol–water partition coefficient (Wildman–Crippen LogP) is 4.12. The number of nitrogens with zero attached hydrogens (tertiary/aromatic N) is 1. The topological polar surface area (TPSA) is 34.2 Å². The van der Waals surface area contributed by atoms with Gasteiger partial charge in [0, 0.05) is 6.20 Å². The first kappa shape index (κ1) is 12.5. The third kappa shape index (κ3) is 3.28. The monoisotopic (exact) mass is 258 g/mol. The van der Waals surface area contributed by atoms with Crippen LogP contribution in [0.1, 0.15) is 0 Å². The van der Waals surface area contributed by atoms with Crippen LogP contribution in [-0.4, -0.2) is 11.2 Å². The van der Waals surface area contributed by atoms with Gasteiger partial charge >= 0.3 is 0 Å². The van der Waals surface area contributed by atoms with Crippen LogP contribution in [0.5, 0.6) is 11.5 Å². The van der Waals surface area contributed by atoms with Crippen LogP contribution in [0.15, 0.2) is 60.3 Å². The lowest BCUT2D eigenvalue weighted by Crippen LogP contribution is -1.99. The number of nitrogens with one attached hydrogen (secondary N) is 1. The Morgan fingerprint density at radius 2 is 2.00 bits per heavy atom. The third-order valence-electron chi connectivity index (χ3n) is 2.25. The number of para-hydroxylation sites is 1. The smallest absolute Gasteiger partial charge is 0.174 e. The maximum atomic E-state index is 5.78. The minimum Gasteiger partial charge on any atom is -0.453 e. The fourth-order valence-corrected chi connectivity index (χ4v) is 1.56. The second-order valence-corrected chi connectivity index (χ2v) is 4.42. The molecule has 18 heavy (non-hydrogen) atoms. The van der Waals surface area contributed by atoms with Gasteiger partial charge in [-0.25, -0.2) is 4.98 Å². The van der Waals surface area contributed by atoms with Crippen LogP contribution < -0.4 is 10.1 Å². The maximum Gasteiger partial charge on any atom is 0.174 e. The number of thioether (sulfide) groups is 1. The van der Waals surface area contributed by atoms with Gasteiger partial charge in [0.2, 0.25) is 0 Å². The van der Waals surface area contributed by atoms with Crippen LogP contribution in [-0.2, 0) is 0 Å². The van der Waals surface area contributed by atoms with Crippen molar-refractivity contribution in [3.63, 3.8) is 0 Å². The molecule has 2 rings (SSSR count). The third-order valence-corrected chi connectivity index (χ3v) is 2.84. The molecule has 0 spiro atoms. The van der Waals surface area contributed by atoms with Gasteiger partial charge in [0.1, 0.15) is 5.75 Å². The molecule has 1 N–H and O–H groups in total. The molecule has 0 aliphatic carbocycles. The molecule has 0 unspecified atom stereocenters. The van der Waals surface area contributed by atoms with Gasteiger partial charge in [-0.2, -0.15) is 0 Å². The molecule has 4 heteroatoms. The summed E-state index contributed by atoms with van der Waals surface area (Å²) in [5, 5.41) is 3.94. The molecule has 0 atom stereocenters. The summed E-state index contributed by atoms with van der Waals surface area (Å²) in [6, 6.07) is 13.3. The number of hydrogen-bond acceptors (Lipinski definition) is 4. The molecule has 1 aromatic heterocycles. The molecule has 1 aromatic carbocycles. The molecule has 0 amide bonds. The highest BCUT2D eigenvalue weighted by Crippen LogP contribution is 2.28. The average molecular weight is 258 g/mol. The van der Waals surface area contributed by atoms with Gasteiger partial charge in [-0.15, -0.1) is 11.8 Å². The highest BCUT2D eigenvalue weighted by Gasteiger charge is 2.06. The lowest BCUT2D eigenvalue weighted by atomic mass is 10.3. The van der Waals surface area contributed by atoms with Crippen molar-refractivity contribution in [2.45, 2.75) is 0 Å². The van der Waals surface area contributed by atoms with E-state index >= 15 is 0 Å². The highest BCUT2D eigenvalue weighted by atomic mass is 32.2. The first-order valence-electron chi connectivity index (χ1n) is 5.47. The highest BCUT2D eigenvalue weighted by molar-refractivity contribution is 8.02. The predicted molar refractivity (Wildman–Crippen MR) is 77.0 cm³/mol. The molecule has 0 saturated heterocycles. The van der Waals surface area contributed by atoms with Crippen LogP contribution in [0.4, 0.5) is 5.82 Å². The zero-order valence-corrected chi connectivity index (χ0v) is 10.9. The van der Waals surface area contributed by atoms with E-state index in [9.17, 15) is 0 Å². The van der Waals surface area contributed by atoms with Gasteiger partial charge in [-0.1, -0.05) is 24.8 Å². The molecule has 1 heterocycles. The Labute approximate surface area is 111 Å². The van der Waals surface area contributed by atoms with Gasteiger partial charge in [-0.05, 0) is 30.5 Å². The molecule has 0 radical (unpaired) electrons. The van der Waals surface area contributed by atoms with Gasteiger partial charge in [0.05, 0.1) is 5.03 Å². The van der Waals surface area contributed by atoms with Crippen molar-refractivity contribution in [1.82, 2.24) is 4.98 Å². The fourth-order valence-electron chi connectivity index (χ4n) is 1.37. The second kappa shape index (κ2) is 6.12. The first-order chi connectivity index (χ1) is 8.79. The standard InChI is InChI=1S/C14H14N2OS/c1-11(18-2)16-14-13(9-6-10-15-14)17-12-7-4-3-5-8-12/h3-10H,1H2,2H3,(H,15,16). The van der Waals surface area contributed by atoms with E-state index in [0.717, 1.165) is 10.8 Å². The Morgan fingerprint density at radius 1 is 1.22 bits per heavy atom. The fraction of sp³-hybridized carbons (Fsp3) is 0.0714. The maximum absolute atomic E-state index is 5.78. The summed E-state index contributed by atoms with van der Waals surface area (Å²) in [5.74, 6) is 2.13. The minimum atomic E-state index is 0.667. The normalized spacial score (nSPS) is 9.83. The Bertz CT molecular complexity index is 528. The quantitative estimate of drug-likeness (QED) is 0.874. The Morgan fingerprint density at radius 3 is 2.72 bits per heavy atom. The van der Waals surface area contributed by atoms with Crippen LogP contribution in [0.25, 0.3) is 0 Å². The van der Waals surface area contributed by atoms with Crippen molar-refractivity contribution in [3.05, 3.63) is 60.3 Å². The molecule has 2 aromatic rings.